The Morgan fingerprint density at radius 3 is 2.67 bits per heavy atom. The lowest BCUT2D eigenvalue weighted by molar-refractivity contribution is 0.258. The molecule has 24 heavy (non-hydrogen) atoms. The van der Waals surface area contributed by atoms with Crippen molar-refractivity contribution in [2.45, 2.75) is 13.8 Å². The van der Waals surface area contributed by atoms with E-state index in [1.807, 2.05) is 49.8 Å². The Morgan fingerprint density at radius 1 is 1.21 bits per heavy atom. The summed E-state index contributed by atoms with van der Waals surface area (Å²) in [5.74, 6) is 0. The van der Waals surface area contributed by atoms with Crippen LogP contribution in [0.25, 0.3) is 10.9 Å². The third-order valence-electron chi connectivity index (χ3n) is 4.24. The summed E-state index contributed by atoms with van der Waals surface area (Å²) in [4.78, 5) is 14.1. The number of carbonyl (C=O) groups excluding carboxylic acids is 1. The van der Waals surface area contributed by atoms with Crippen LogP contribution in [0, 0.1) is 13.8 Å². The fourth-order valence-corrected chi connectivity index (χ4v) is 2.84. The number of urea groups is 1. The standard InChI is InChI=1S/C18H19ClN4O/c1-11-9-13(19)5-8-16(11)20-18(24)22(3)14-6-7-15-12(2)23(4)21-17(15)10-14/h5-10H,1-4H3,(H,20,24). The summed E-state index contributed by atoms with van der Waals surface area (Å²) < 4.78 is 1.84. The fraction of sp³-hybridized carbons (Fsp3) is 0.222. The summed E-state index contributed by atoms with van der Waals surface area (Å²) in [5.41, 5.74) is 4.41. The molecule has 0 atom stereocenters. The largest absolute Gasteiger partial charge is 0.326 e. The maximum Gasteiger partial charge on any atom is 0.326 e. The molecule has 5 nitrogen and oxygen atoms in total. The van der Waals surface area contributed by atoms with Crippen LogP contribution in [0.2, 0.25) is 5.02 Å². The quantitative estimate of drug-likeness (QED) is 0.744. The minimum Gasteiger partial charge on any atom is -0.307 e. The molecule has 0 aliphatic heterocycles. The van der Waals surface area contributed by atoms with Gasteiger partial charge in [0, 0.05) is 41.6 Å². The van der Waals surface area contributed by atoms with E-state index >= 15 is 0 Å². The van der Waals surface area contributed by atoms with E-state index in [0.717, 1.165) is 33.5 Å². The van der Waals surface area contributed by atoms with E-state index in [4.69, 9.17) is 11.6 Å². The third kappa shape index (κ3) is 2.95. The van der Waals surface area contributed by atoms with Crippen LogP contribution in [0.1, 0.15) is 11.3 Å². The van der Waals surface area contributed by atoms with Crippen molar-refractivity contribution in [1.29, 1.82) is 0 Å². The number of benzene rings is 2. The number of rotatable bonds is 2. The molecule has 0 unspecified atom stereocenters. The Hall–Kier alpha value is -2.53. The van der Waals surface area contributed by atoms with Crippen molar-refractivity contribution < 1.29 is 4.79 Å². The van der Waals surface area contributed by atoms with Crippen LogP contribution in [0.4, 0.5) is 16.2 Å². The molecule has 2 amide bonds. The number of halogens is 1. The highest BCUT2D eigenvalue weighted by Gasteiger charge is 2.14. The van der Waals surface area contributed by atoms with Crippen LogP contribution >= 0.6 is 11.6 Å². The number of nitrogens with one attached hydrogen (secondary N) is 1. The molecular formula is C18H19ClN4O. The maximum absolute atomic E-state index is 12.5. The summed E-state index contributed by atoms with van der Waals surface area (Å²) in [7, 11) is 3.65. The topological polar surface area (TPSA) is 50.2 Å². The summed E-state index contributed by atoms with van der Waals surface area (Å²) in [6, 6.07) is 11.0. The average Bonchev–Trinajstić information content (AvgIpc) is 2.83. The van der Waals surface area contributed by atoms with Crippen LogP contribution < -0.4 is 10.2 Å². The number of aromatic nitrogens is 2. The smallest absolute Gasteiger partial charge is 0.307 e. The molecule has 0 fully saturated rings. The SMILES string of the molecule is Cc1cc(Cl)ccc1NC(=O)N(C)c1ccc2c(C)n(C)nc2c1. The molecule has 1 aromatic heterocycles. The number of nitrogens with zero attached hydrogens (tertiary/aromatic N) is 3. The van der Waals surface area contributed by atoms with Crippen molar-refractivity contribution in [2.24, 2.45) is 7.05 Å². The van der Waals surface area contributed by atoms with E-state index in [9.17, 15) is 4.79 Å². The maximum atomic E-state index is 12.5. The van der Waals surface area contributed by atoms with Gasteiger partial charge in [-0.05, 0) is 55.8 Å². The number of hydrogen-bond donors (Lipinski definition) is 1. The molecule has 0 aliphatic rings. The second kappa shape index (κ2) is 6.17. The van der Waals surface area contributed by atoms with Crippen molar-refractivity contribution in [1.82, 2.24) is 9.78 Å². The van der Waals surface area contributed by atoms with Gasteiger partial charge >= 0.3 is 6.03 Å². The van der Waals surface area contributed by atoms with Gasteiger partial charge in [-0.15, -0.1) is 0 Å². The highest BCUT2D eigenvalue weighted by molar-refractivity contribution is 6.30. The molecule has 0 spiro atoms. The lowest BCUT2D eigenvalue weighted by Crippen LogP contribution is -2.31. The predicted molar refractivity (Wildman–Crippen MR) is 99.1 cm³/mol. The van der Waals surface area contributed by atoms with Gasteiger partial charge in [0.2, 0.25) is 0 Å². The Labute approximate surface area is 145 Å². The lowest BCUT2D eigenvalue weighted by Gasteiger charge is -2.19. The van der Waals surface area contributed by atoms with Crippen LogP contribution in [-0.4, -0.2) is 22.9 Å². The Balaban J connectivity index is 1.85. The van der Waals surface area contributed by atoms with E-state index in [2.05, 4.69) is 10.4 Å². The first-order chi connectivity index (χ1) is 11.4. The van der Waals surface area contributed by atoms with Crippen molar-refractivity contribution in [2.75, 3.05) is 17.3 Å². The third-order valence-corrected chi connectivity index (χ3v) is 4.47. The molecule has 0 saturated carbocycles. The Kier molecular flexibility index (Phi) is 4.20. The summed E-state index contributed by atoms with van der Waals surface area (Å²) >= 11 is 5.95. The normalized spacial score (nSPS) is 10.9. The number of carbonyl (C=O) groups is 1. The average molecular weight is 343 g/mol. The van der Waals surface area contributed by atoms with Gasteiger partial charge in [0.1, 0.15) is 0 Å². The van der Waals surface area contributed by atoms with Crippen LogP contribution in [0.3, 0.4) is 0 Å². The Morgan fingerprint density at radius 2 is 1.96 bits per heavy atom. The summed E-state index contributed by atoms with van der Waals surface area (Å²) in [5, 5.41) is 9.10. The van der Waals surface area contributed by atoms with Crippen molar-refractivity contribution in [3.63, 3.8) is 0 Å². The lowest BCUT2D eigenvalue weighted by atomic mass is 10.2. The molecule has 1 N–H and O–H groups in total. The van der Waals surface area contributed by atoms with Gasteiger partial charge in [-0.1, -0.05) is 11.6 Å². The number of hydrogen-bond acceptors (Lipinski definition) is 2. The van der Waals surface area contributed by atoms with Gasteiger partial charge in [-0.2, -0.15) is 5.10 Å². The second-order valence-corrected chi connectivity index (χ2v) is 6.30. The molecule has 124 valence electrons. The summed E-state index contributed by atoms with van der Waals surface area (Å²) in [6.07, 6.45) is 0. The van der Waals surface area contributed by atoms with Gasteiger partial charge < -0.3 is 5.32 Å². The van der Waals surface area contributed by atoms with E-state index in [-0.39, 0.29) is 6.03 Å². The molecule has 3 rings (SSSR count). The molecule has 3 aromatic rings. The molecule has 0 radical (unpaired) electrons. The van der Waals surface area contributed by atoms with Crippen LogP contribution in [0.5, 0.6) is 0 Å². The van der Waals surface area contributed by atoms with Gasteiger partial charge in [0.25, 0.3) is 0 Å². The van der Waals surface area contributed by atoms with Gasteiger partial charge in [0.15, 0.2) is 0 Å². The minimum absolute atomic E-state index is 0.215. The van der Waals surface area contributed by atoms with E-state index in [0.29, 0.717) is 5.02 Å². The van der Waals surface area contributed by atoms with E-state index in [1.165, 1.54) is 0 Å². The second-order valence-electron chi connectivity index (χ2n) is 5.86. The molecule has 0 bridgehead atoms. The zero-order chi connectivity index (χ0) is 17.4. The highest BCUT2D eigenvalue weighted by Crippen LogP contribution is 2.24. The first-order valence-electron chi connectivity index (χ1n) is 7.61. The van der Waals surface area contributed by atoms with E-state index in [1.54, 1.807) is 24.1 Å². The number of anilines is 2. The van der Waals surface area contributed by atoms with Crippen LogP contribution in [-0.2, 0) is 7.05 Å². The van der Waals surface area contributed by atoms with Gasteiger partial charge in [0.05, 0.1) is 5.52 Å². The molecule has 0 saturated heterocycles. The zero-order valence-corrected chi connectivity index (χ0v) is 14.8. The molecule has 6 heteroatoms. The van der Waals surface area contributed by atoms with Crippen molar-refractivity contribution in [3.05, 3.63) is 52.7 Å². The molecule has 2 aromatic carbocycles. The first-order valence-corrected chi connectivity index (χ1v) is 7.99. The summed E-state index contributed by atoms with van der Waals surface area (Å²) in [6.45, 7) is 3.93. The molecule has 1 heterocycles. The predicted octanol–water partition coefficient (Wildman–Crippen LogP) is 4.51. The number of fused-ring (bicyclic) bond motifs is 1. The Bertz CT molecular complexity index is 932. The number of amides is 2. The van der Waals surface area contributed by atoms with E-state index < -0.39 is 0 Å². The first kappa shape index (κ1) is 16.3. The minimum atomic E-state index is -0.215. The number of aryl methyl sites for hydroxylation is 3. The van der Waals surface area contributed by atoms with Gasteiger partial charge in [-0.3, -0.25) is 9.58 Å². The van der Waals surface area contributed by atoms with Crippen LogP contribution in [0.15, 0.2) is 36.4 Å². The molecular weight excluding hydrogens is 324 g/mol. The van der Waals surface area contributed by atoms with Gasteiger partial charge in [-0.25, -0.2) is 4.79 Å². The monoisotopic (exact) mass is 342 g/mol. The molecule has 0 aliphatic carbocycles. The fourth-order valence-electron chi connectivity index (χ4n) is 2.61. The van der Waals surface area contributed by atoms with Crippen molar-refractivity contribution >= 4 is 39.9 Å². The highest BCUT2D eigenvalue weighted by atomic mass is 35.5. The van der Waals surface area contributed by atoms with Crippen molar-refractivity contribution in [3.8, 4) is 0 Å². The zero-order valence-electron chi connectivity index (χ0n) is 14.1.